The van der Waals surface area contributed by atoms with E-state index >= 15 is 0 Å². The quantitative estimate of drug-likeness (QED) is 0.742. The van der Waals surface area contributed by atoms with Crippen molar-refractivity contribution in [3.05, 3.63) is 64.1 Å². The first-order valence-corrected chi connectivity index (χ1v) is 8.21. The van der Waals surface area contributed by atoms with Crippen molar-refractivity contribution in [2.24, 2.45) is 7.05 Å². The molecule has 0 unspecified atom stereocenters. The molecule has 0 radical (unpaired) electrons. The van der Waals surface area contributed by atoms with Crippen LogP contribution in [0.1, 0.15) is 17.5 Å². The minimum absolute atomic E-state index is 0.0518. The van der Waals surface area contributed by atoms with Gasteiger partial charge in [0.2, 0.25) is 5.91 Å². The Labute approximate surface area is 152 Å². The number of nitrogens with one attached hydrogen (secondary N) is 1. The summed E-state index contributed by atoms with van der Waals surface area (Å²) in [6.45, 7) is 0.270. The summed E-state index contributed by atoms with van der Waals surface area (Å²) in [5, 5.41) is 6.51. The van der Waals surface area contributed by atoms with Gasteiger partial charge in [-0.2, -0.15) is 18.3 Å². The molecular formula is C18H17F3N4O2. The number of hydrogen-bond acceptors (Lipinski definition) is 3. The first kappa shape index (κ1) is 18.7. The largest absolute Gasteiger partial charge is 0.417 e. The third kappa shape index (κ3) is 4.18. The van der Waals surface area contributed by atoms with E-state index in [2.05, 4.69) is 10.4 Å². The zero-order valence-corrected chi connectivity index (χ0v) is 14.5. The Kier molecular flexibility index (Phi) is 5.02. The van der Waals surface area contributed by atoms with Gasteiger partial charge in [0.1, 0.15) is 0 Å². The molecule has 0 aliphatic heterocycles. The highest BCUT2D eigenvalue weighted by molar-refractivity contribution is 5.80. The maximum atomic E-state index is 13.2. The second-order valence-electron chi connectivity index (χ2n) is 6.10. The summed E-state index contributed by atoms with van der Waals surface area (Å²) in [5.41, 5.74) is -1.04. The number of alkyl halides is 3. The van der Waals surface area contributed by atoms with E-state index in [1.165, 1.54) is 17.9 Å². The van der Waals surface area contributed by atoms with Crippen molar-refractivity contribution in [2.45, 2.75) is 25.7 Å². The van der Waals surface area contributed by atoms with E-state index in [0.717, 1.165) is 10.1 Å². The van der Waals surface area contributed by atoms with Gasteiger partial charge in [0.25, 0.3) is 5.56 Å². The molecule has 27 heavy (non-hydrogen) atoms. The standard InChI is InChI=1S/C18H17F3N4O2/c1-24-11-13-14(18(19,20)21)9-16(27)25(17(13)23-24)8-7-15(26)22-10-12-5-3-2-4-6-12/h2-6,9,11H,7-8,10H2,1H3,(H,22,26). The summed E-state index contributed by atoms with van der Waals surface area (Å²) in [5.74, 6) is -0.310. The summed E-state index contributed by atoms with van der Waals surface area (Å²) in [6.07, 6.45) is -3.50. The molecule has 0 fully saturated rings. The second-order valence-corrected chi connectivity index (χ2v) is 6.10. The number of benzene rings is 1. The number of amides is 1. The van der Waals surface area contributed by atoms with Gasteiger partial charge in [-0.3, -0.25) is 18.8 Å². The summed E-state index contributed by atoms with van der Waals surface area (Å²) in [4.78, 5) is 24.2. The second kappa shape index (κ2) is 7.26. The molecular weight excluding hydrogens is 361 g/mol. The van der Waals surface area contributed by atoms with Crippen molar-refractivity contribution in [1.82, 2.24) is 19.7 Å². The van der Waals surface area contributed by atoms with E-state index in [1.807, 2.05) is 30.3 Å². The SMILES string of the molecule is Cn1cc2c(C(F)(F)F)cc(=O)n(CCC(=O)NCc3ccccc3)c2n1. The lowest BCUT2D eigenvalue weighted by molar-refractivity contribution is -0.136. The molecule has 9 heteroatoms. The lowest BCUT2D eigenvalue weighted by Crippen LogP contribution is -2.28. The number of carbonyl (C=O) groups is 1. The molecule has 142 valence electrons. The Morgan fingerprint density at radius 1 is 1.22 bits per heavy atom. The molecule has 0 bridgehead atoms. The molecule has 0 saturated heterocycles. The molecule has 1 aromatic carbocycles. The highest BCUT2D eigenvalue weighted by atomic mass is 19.4. The van der Waals surface area contributed by atoms with Gasteiger partial charge in [-0.15, -0.1) is 0 Å². The van der Waals surface area contributed by atoms with Crippen molar-refractivity contribution in [3.63, 3.8) is 0 Å². The lowest BCUT2D eigenvalue weighted by Gasteiger charge is -2.11. The molecule has 1 amide bonds. The molecule has 2 aromatic heterocycles. The number of hydrogen-bond donors (Lipinski definition) is 1. The Balaban J connectivity index is 1.78. The Morgan fingerprint density at radius 3 is 2.59 bits per heavy atom. The fraction of sp³-hybridized carbons (Fsp3) is 0.278. The fourth-order valence-electron chi connectivity index (χ4n) is 2.80. The third-order valence-corrected chi connectivity index (χ3v) is 4.09. The highest BCUT2D eigenvalue weighted by Crippen LogP contribution is 2.33. The summed E-state index contributed by atoms with van der Waals surface area (Å²) < 4.78 is 41.8. The summed E-state index contributed by atoms with van der Waals surface area (Å²) in [6, 6.07) is 9.82. The van der Waals surface area contributed by atoms with Crippen LogP contribution in [0, 0.1) is 0 Å². The number of rotatable bonds is 5. The summed E-state index contributed by atoms with van der Waals surface area (Å²) >= 11 is 0. The summed E-state index contributed by atoms with van der Waals surface area (Å²) in [7, 11) is 1.47. The Hall–Kier alpha value is -3.10. The smallest absolute Gasteiger partial charge is 0.352 e. The number of fused-ring (bicyclic) bond motifs is 1. The number of halogens is 3. The highest BCUT2D eigenvalue weighted by Gasteiger charge is 2.34. The predicted molar refractivity (Wildman–Crippen MR) is 92.9 cm³/mol. The number of nitrogens with zero attached hydrogens (tertiary/aromatic N) is 3. The molecule has 1 N–H and O–H groups in total. The van der Waals surface area contributed by atoms with Gasteiger partial charge in [-0.05, 0) is 5.56 Å². The van der Waals surface area contributed by atoms with Crippen molar-refractivity contribution < 1.29 is 18.0 Å². The van der Waals surface area contributed by atoms with Crippen LogP contribution < -0.4 is 10.9 Å². The van der Waals surface area contributed by atoms with Crippen molar-refractivity contribution >= 4 is 16.9 Å². The molecule has 2 heterocycles. The van der Waals surface area contributed by atoms with Gasteiger partial charge in [0.15, 0.2) is 5.65 Å². The monoisotopic (exact) mass is 378 g/mol. The van der Waals surface area contributed by atoms with E-state index in [1.54, 1.807) is 0 Å². The number of aryl methyl sites for hydroxylation is 2. The average Bonchev–Trinajstić information content (AvgIpc) is 2.99. The predicted octanol–water partition coefficient (Wildman–Crippen LogP) is 2.46. The minimum atomic E-state index is -4.66. The van der Waals surface area contributed by atoms with E-state index in [4.69, 9.17) is 0 Å². The van der Waals surface area contributed by atoms with E-state index in [0.29, 0.717) is 12.6 Å². The van der Waals surface area contributed by atoms with Gasteiger partial charge in [-0.25, -0.2) is 0 Å². The van der Waals surface area contributed by atoms with Gasteiger partial charge >= 0.3 is 6.18 Å². The fourth-order valence-corrected chi connectivity index (χ4v) is 2.80. The topological polar surface area (TPSA) is 68.9 Å². The lowest BCUT2D eigenvalue weighted by atomic mass is 10.2. The van der Waals surface area contributed by atoms with Crippen LogP contribution in [0.2, 0.25) is 0 Å². The molecule has 0 atom stereocenters. The van der Waals surface area contributed by atoms with E-state index < -0.39 is 17.3 Å². The molecule has 6 nitrogen and oxygen atoms in total. The van der Waals surface area contributed by atoms with Gasteiger partial charge in [0, 0.05) is 44.2 Å². The van der Waals surface area contributed by atoms with Crippen LogP contribution in [0.3, 0.4) is 0 Å². The first-order chi connectivity index (χ1) is 12.8. The first-order valence-electron chi connectivity index (χ1n) is 8.21. The van der Waals surface area contributed by atoms with Crippen LogP contribution in [0.15, 0.2) is 47.4 Å². The number of aromatic nitrogens is 3. The third-order valence-electron chi connectivity index (χ3n) is 4.09. The van der Waals surface area contributed by atoms with Crippen molar-refractivity contribution in [3.8, 4) is 0 Å². The maximum Gasteiger partial charge on any atom is 0.417 e. The number of pyridine rings is 1. The molecule has 3 aromatic rings. The molecule has 0 spiro atoms. The molecule has 0 aliphatic rings. The van der Waals surface area contributed by atoms with Gasteiger partial charge < -0.3 is 5.32 Å². The molecule has 0 saturated carbocycles. The zero-order chi connectivity index (χ0) is 19.6. The van der Waals surface area contributed by atoms with Crippen LogP contribution >= 0.6 is 0 Å². The normalized spacial score (nSPS) is 11.7. The van der Waals surface area contributed by atoms with Gasteiger partial charge in [-0.1, -0.05) is 30.3 Å². The maximum absolute atomic E-state index is 13.2. The van der Waals surface area contributed by atoms with Crippen LogP contribution in [-0.2, 0) is 31.1 Å². The van der Waals surface area contributed by atoms with Crippen LogP contribution in [0.25, 0.3) is 11.0 Å². The van der Waals surface area contributed by atoms with E-state index in [9.17, 15) is 22.8 Å². The molecule has 0 aliphatic carbocycles. The molecule has 3 rings (SSSR count). The van der Waals surface area contributed by atoms with Crippen molar-refractivity contribution in [1.29, 1.82) is 0 Å². The van der Waals surface area contributed by atoms with E-state index in [-0.39, 0.29) is 29.9 Å². The minimum Gasteiger partial charge on any atom is -0.352 e. The zero-order valence-electron chi connectivity index (χ0n) is 14.5. The Morgan fingerprint density at radius 2 is 1.93 bits per heavy atom. The van der Waals surface area contributed by atoms with Crippen LogP contribution in [0.5, 0.6) is 0 Å². The van der Waals surface area contributed by atoms with Crippen LogP contribution in [0.4, 0.5) is 13.2 Å². The Bertz CT molecular complexity index is 1020. The van der Waals surface area contributed by atoms with Crippen molar-refractivity contribution in [2.75, 3.05) is 0 Å². The van der Waals surface area contributed by atoms with Gasteiger partial charge in [0.05, 0.1) is 5.56 Å². The van der Waals surface area contributed by atoms with Crippen LogP contribution in [-0.4, -0.2) is 20.3 Å². The number of carbonyl (C=O) groups excluding carboxylic acids is 1. The average molecular weight is 378 g/mol.